The van der Waals surface area contributed by atoms with Crippen LogP contribution < -0.4 is 19.8 Å². The molecule has 3 rings (SSSR count). The number of aromatic nitrogens is 3. The molecular weight excluding hydrogens is 374 g/mol. The van der Waals surface area contributed by atoms with Gasteiger partial charge in [0.2, 0.25) is 5.88 Å². The number of hydrogen-bond acceptors (Lipinski definition) is 7. The Morgan fingerprint density at radius 2 is 1.69 bits per heavy atom. The van der Waals surface area contributed by atoms with Gasteiger partial charge in [0, 0.05) is 11.6 Å². The lowest BCUT2D eigenvalue weighted by Gasteiger charge is -2.14. The normalized spacial score (nSPS) is 10.9. The lowest BCUT2D eigenvalue weighted by molar-refractivity contribution is 0.200. The monoisotopic (exact) mass is 399 g/mol. The van der Waals surface area contributed by atoms with Gasteiger partial charge in [0.25, 0.3) is 5.56 Å². The zero-order valence-electron chi connectivity index (χ0n) is 17.0. The predicted octanol–water partition coefficient (Wildman–Crippen LogP) is 2.77. The highest BCUT2D eigenvalue weighted by Crippen LogP contribution is 2.30. The Morgan fingerprint density at radius 1 is 1.00 bits per heavy atom. The van der Waals surface area contributed by atoms with E-state index in [2.05, 4.69) is 15.0 Å². The van der Waals surface area contributed by atoms with E-state index in [4.69, 9.17) is 19.3 Å². The van der Waals surface area contributed by atoms with Gasteiger partial charge in [-0.25, -0.2) is 4.98 Å². The molecule has 0 amide bonds. The average molecular weight is 399 g/mol. The van der Waals surface area contributed by atoms with Gasteiger partial charge in [-0.1, -0.05) is 0 Å². The highest BCUT2D eigenvalue weighted by molar-refractivity contribution is 5.83. The number of benzene rings is 1. The Kier molecular flexibility index (Phi) is 6.33. The van der Waals surface area contributed by atoms with Gasteiger partial charge in [0.15, 0.2) is 5.65 Å². The van der Waals surface area contributed by atoms with Gasteiger partial charge in [0.1, 0.15) is 29.3 Å². The second-order valence-corrected chi connectivity index (χ2v) is 6.45. The van der Waals surface area contributed by atoms with Crippen molar-refractivity contribution in [2.75, 3.05) is 26.4 Å². The summed E-state index contributed by atoms with van der Waals surface area (Å²) in [6.07, 6.45) is 0. The molecule has 8 heteroatoms. The fraction of sp³-hybridized carbons (Fsp3) is 0.381. The van der Waals surface area contributed by atoms with Crippen molar-refractivity contribution < 1.29 is 19.3 Å². The first kappa shape index (κ1) is 20.6. The number of H-pyrrole nitrogens is 1. The van der Waals surface area contributed by atoms with Crippen molar-refractivity contribution in [3.05, 3.63) is 39.7 Å². The summed E-state index contributed by atoms with van der Waals surface area (Å²) in [4.78, 5) is 24.6. The van der Waals surface area contributed by atoms with Crippen molar-refractivity contribution in [3.8, 4) is 28.8 Å². The van der Waals surface area contributed by atoms with Crippen molar-refractivity contribution in [3.63, 3.8) is 0 Å². The first-order valence-electron chi connectivity index (χ1n) is 9.54. The van der Waals surface area contributed by atoms with E-state index in [0.717, 1.165) is 16.7 Å². The van der Waals surface area contributed by atoms with Gasteiger partial charge < -0.3 is 24.3 Å². The van der Waals surface area contributed by atoms with Crippen LogP contribution in [-0.4, -0.2) is 46.5 Å². The summed E-state index contributed by atoms with van der Waals surface area (Å²) in [5.41, 5.74) is 2.41. The number of aliphatic hydroxyl groups excluding tert-OH is 1. The molecule has 2 N–H and O–H groups in total. The standard InChI is InChI=1S/C21H25N3O5/c1-5-27-15-11-16(28-6-2)22-20-17(15)21(26)24-19(23-20)14-9-12(3)18(13(4)10-14)29-8-7-25/h9-11,25H,5-8H2,1-4H3,(H,22,23,24,26). The molecule has 154 valence electrons. The molecule has 0 fully saturated rings. The van der Waals surface area contributed by atoms with Crippen LogP contribution in [0.15, 0.2) is 23.0 Å². The average Bonchev–Trinajstić information content (AvgIpc) is 2.67. The number of ether oxygens (including phenoxy) is 3. The first-order valence-corrected chi connectivity index (χ1v) is 9.54. The molecule has 2 heterocycles. The van der Waals surface area contributed by atoms with Crippen LogP contribution in [-0.2, 0) is 0 Å². The van der Waals surface area contributed by atoms with Gasteiger partial charge in [-0.2, -0.15) is 4.98 Å². The molecule has 0 spiro atoms. The summed E-state index contributed by atoms with van der Waals surface area (Å²) in [7, 11) is 0. The Balaban J connectivity index is 2.15. The quantitative estimate of drug-likeness (QED) is 0.600. The summed E-state index contributed by atoms with van der Waals surface area (Å²) < 4.78 is 16.7. The predicted molar refractivity (Wildman–Crippen MR) is 110 cm³/mol. The van der Waals surface area contributed by atoms with E-state index in [0.29, 0.717) is 36.4 Å². The number of fused-ring (bicyclic) bond motifs is 1. The number of aromatic amines is 1. The number of hydrogen-bond donors (Lipinski definition) is 2. The summed E-state index contributed by atoms with van der Waals surface area (Å²) in [5.74, 6) is 1.85. The van der Waals surface area contributed by atoms with Crippen LogP contribution in [0.1, 0.15) is 25.0 Å². The van der Waals surface area contributed by atoms with Crippen LogP contribution >= 0.6 is 0 Å². The molecule has 2 aromatic heterocycles. The maximum absolute atomic E-state index is 12.8. The highest BCUT2D eigenvalue weighted by atomic mass is 16.5. The van der Waals surface area contributed by atoms with Crippen LogP contribution in [0.2, 0.25) is 0 Å². The number of nitrogens with zero attached hydrogens (tertiary/aromatic N) is 2. The Bertz CT molecular complexity index is 1050. The number of pyridine rings is 1. The largest absolute Gasteiger partial charge is 0.493 e. The molecule has 3 aromatic rings. The number of rotatable bonds is 8. The van der Waals surface area contributed by atoms with E-state index in [1.807, 2.05) is 39.8 Å². The molecule has 29 heavy (non-hydrogen) atoms. The number of aliphatic hydroxyl groups is 1. The van der Waals surface area contributed by atoms with E-state index in [1.54, 1.807) is 6.07 Å². The van der Waals surface area contributed by atoms with Gasteiger partial charge >= 0.3 is 0 Å². The Labute approximate surface area is 168 Å². The molecule has 0 aliphatic heterocycles. The van der Waals surface area contributed by atoms with Crippen LogP contribution in [0.4, 0.5) is 0 Å². The molecule has 1 aromatic carbocycles. The third-order valence-corrected chi connectivity index (χ3v) is 4.28. The van der Waals surface area contributed by atoms with Gasteiger partial charge in [0.05, 0.1) is 19.8 Å². The molecule has 0 bridgehead atoms. The molecule has 0 radical (unpaired) electrons. The van der Waals surface area contributed by atoms with E-state index < -0.39 is 0 Å². The van der Waals surface area contributed by atoms with E-state index in [1.165, 1.54) is 0 Å². The molecule has 0 unspecified atom stereocenters. The van der Waals surface area contributed by atoms with Gasteiger partial charge in [-0.3, -0.25) is 4.79 Å². The van der Waals surface area contributed by atoms with E-state index >= 15 is 0 Å². The topological polar surface area (TPSA) is 107 Å². The minimum absolute atomic E-state index is 0.0593. The van der Waals surface area contributed by atoms with Crippen LogP contribution in [0, 0.1) is 13.8 Å². The molecule has 0 saturated heterocycles. The number of nitrogens with one attached hydrogen (secondary N) is 1. The maximum atomic E-state index is 12.8. The van der Waals surface area contributed by atoms with Crippen molar-refractivity contribution in [2.45, 2.75) is 27.7 Å². The first-order chi connectivity index (χ1) is 14.0. The summed E-state index contributed by atoms with van der Waals surface area (Å²) >= 11 is 0. The summed E-state index contributed by atoms with van der Waals surface area (Å²) in [6, 6.07) is 5.35. The molecule has 0 aliphatic carbocycles. The molecular formula is C21H25N3O5. The minimum atomic E-state index is -0.333. The van der Waals surface area contributed by atoms with Crippen LogP contribution in [0.3, 0.4) is 0 Å². The zero-order valence-corrected chi connectivity index (χ0v) is 17.0. The summed E-state index contributed by atoms with van der Waals surface area (Å²) in [5, 5.41) is 9.28. The lowest BCUT2D eigenvalue weighted by atomic mass is 10.0. The molecule has 0 saturated carbocycles. The van der Waals surface area contributed by atoms with E-state index in [9.17, 15) is 4.79 Å². The SMILES string of the molecule is CCOc1cc(OCC)c2c(=O)[nH]c(-c3cc(C)c(OCCO)c(C)c3)nc2n1. The Hall–Kier alpha value is -3.13. The van der Waals surface area contributed by atoms with E-state index in [-0.39, 0.29) is 29.8 Å². The van der Waals surface area contributed by atoms with Crippen molar-refractivity contribution in [1.29, 1.82) is 0 Å². The minimum Gasteiger partial charge on any atom is -0.493 e. The third kappa shape index (κ3) is 4.32. The highest BCUT2D eigenvalue weighted by Gasteiger charge is 2.16. The van der Waals surface area contributed by atoms with Crippen LogP contribution in [0.5, 0.6) is 17.4 Å². The van der Waals surface area contributed by atoms with Gasteiger partial charge in [-0.15, -0.1) is 0 Å². The Morgan fingerprint density at radius 3 is 2.31 bits per heavy atom. The molecule has 0 aliphatic rings. The number of aryl methyl sites for hydroxylation is 2. The smallest absolute Gasteiger partial charge is 0.264 e. The third-order valence-electron chi connectivity index (χ3n) is 4.28. The zero-order chi connectivity index (χ0) is 21.0. The molecule has 8 nitrogen and oxygen atoms in total. The second-order valence-electron chi connectivity index (χ2n) is 6.45. The second kappa shape index (κ2) is 8.91. The fourth-order valence-corrected chi connectivity index (χ4v) is 3.18. The molecule has 0 atom stereocenters. The summed E-state index contributed by atoms with van der Waals surface area (Å²) in [6.45, 7) is 8.51. The van der Waals surface area contributed by atoms with Crippen molar-refractivity contribution >= 4 is 11.0 Å². The lowest BCUT2D eigenvalue weighted by Crippen LogP contribution is -2.13. The van der Waals surface area contributed by atoms with Crippen molar-refractivity contribution in [1.82, 2.24) is 15.0 Å². The van der Waals surface area contributed by atoms with Crippen LogP contribution in [0.25, 0.3) is 22.4 Å². The fourth-order valence-electron chi connectivity index (χ4n) is 3.18. The maximum Gasteiger partial charge on any atom is 0.264 e. The van der Waals surface area contributed by atoms with Crippen molar-refractivity contribution in [2.24, 2.45) is 0 Å². The van der Waals surface area contributed by atoms with Gasteiger partial charge in [-0.05, 0) is 51.0 Å².